The first-order valence-electron chi connectivity index (χ1n) is 10.2. The number of likely N-dealkylation sites (tertiary alicyclic amines) is 1. The highest BCUT2D eigenvalue weighted by atomic mass is 16.6. The Kier molecular flexibility index (Phi) is 8.80. The van der Waals surface area contributed by atoms with Gasteiger partial charge in [0.05, 0.1) is 19.8 Å². The smallest absolute Gasteiger partial charge is 0.334 e. The highest BCUT2D eigenvalue weighted by Crippen LogP contribution is 2.29. The van der Waals surface area contributed by atoms with Crippen LogP contribution in [0.1, 0.15) is 45.2 Å². The molecule has 1 aromatic carbocycles. The predicted molar refractivity (Wildman–Crippen MR) is 111 cm³/mol. The molecule has 1 saturated heterocycles. The molecule has 8 heteroatoms. The summed E-state index contributed by atoms with van der Waals surface area (Å²) in [5.41, 5.74) is 0.00201. The van der Waals surface area contributed by atoms with Gasteiger partial charge in [-0.25, -0.2) is 4.79 Å². The lowest BCUT2D eigenvalue weighted by atomic mass is 10.0. The molecule has 8 nitrogen and oxygen atoms in total. The maximum atomic E-state index is 13.0. The molecule has 1 aliphatic heterocycles. The summed E-state index contributed by atoms with van der Waals surface area (Å²) >= 11 is 0. The van der Waals surface area contributed by atoms with Gasteiger partial charge in [-0.2, -0.15) is 0 Å². The fraction of sp³-hybridized carbons (Fsp3) is 0.591. The number of rotatable bonds is 10. The zero-order chi connectivity index (χ0) is 22.1. The number of carbonyl (C=O) groups is 3. The number of benzene rings is 1. The topological polar surface area (TPSA) is 94.2 Å². The minimum absolute atomic E-state index is 0.154. The predicted octanol–water partition coefficient (Wildman–Crippen LogP) is 1.84. The summed E-state index contributed by atoms with van der Waals surface area (Å²) in [4.78, 5) is 39.6. The molecule has 0 unspecified atom stereocenters. The van der Waals surface area contributed by atoms with Gasteiger partial charge in [-0.1, -0.05) is 30.3 Å². The number of carbonyl (C=O) groups excluding carboxylic acids is 3. The van der Waals surface area contributed by atoms with E-state index in [1.165, 1.54) is 4.90 Å². The van der Waals surface area contributed by atoms with Crippen LogP contribution in [-0.2, 0) is 28.6 Å². The third-order valence-corrected chi connectivity index (χ3v) is 4.54. The first kappa shape index (κ1) is 23.8. The first-order chi connectivity index (χ1) is 14.2. The minimum atomic E-state index is -0.850. The molecule has 166 valence electrons. The number of ether oxygens (including phenoxy) is 3. The highest BCUT2D eigenvalue weighted by Gasteiger charge is 2.41. The Labute approximate surface area is 177 Å². The van der Waals surface area contributed by atoms with E-state index in [0.29, 0.717) is 31.7 Å². The van der Waals surface area contributed by atoms with Crippen molar-refractivity contribution in [2.45, 2.75) is 51.3 Å². The Morgan fingerprint density at radius 2 is 1.87 bits per heavy atom. The number of hydrogen-bond donors (Lipinski definition) is 1. The van der Waals surface area contributed by atoms with Crippen LogP contribution in [0.5, 0.6) is 0 Å². The zero-order valence-corrected chi connectivity index (χ0v) is 18.2. The van der Waals surface area contributed by atoms with Gasteiger partial charge in [0, 0.05) is 20.1 Å². The lowest BCUT2D eigenvalue weighted by Gasteiger charge is -2.30. The maximum absolute atomic E-state index is 13.0. The summed E-state index contributed by atoms with van der Waals surface area (Å²) in [6.45, 7) is 6.85. The molecule has 0 saturated carbocycles. The molecule has 0 aromatic heterocycles. The Balaban J connectivity index is 2.02. The quantitative estimate of drug-likeness (QED) is 0.459. The highest BCUT2D eigenvalue weighted by molar-refractivity contribution is 5.92. The molecular formula is C22H32N2O6. The summed E-state index contributed by atoms with van der Waals surface area (Å²) in [7, 11) is 1.58. The fourth-order valence-corrected chi connectivity index (χ4v) is 3.20. The van der Waals surface area contributed by atoms with Crippen LogP contribution >= 0.6 is 0 Å². The summed E-state index contributed by atoms with van der Waals surface area (Å²) in [5, 5.41) is 2.75. The molecule has 1 aromatic rings. The lowest BCUT2D eigenvalue weighted by Crippen LogP contribution is -2.45. The van der Waals surface area contributed by atoms with Gasteiger partial charge in [-0.3, -0.25) is 9.59 Å². The van der Waals surface area contributed by atoms with Crippen LogP contribution in [-0.4, -0.2) is 67.8 Å². The molecule has 1 fully saturated rings. The van der Waals surface area contributed by atoms with Gasteiger partial charge in [0.1, 0.15) is 11.6 Å². The van der Waals surface area contributed by atoms with E-state index in [-0.39, 0.29) is 24.8 Å². The number of amides is 2. The minimum Gasteiger partial charge on any atom is -0.458 e. The first-order valence-corrected chi connectivity index (χ1v) is 10.2. The molecule has 1 aliphatic rings. The van der Waals surface area contributed by atoms with Crippen LogP contribution in [0.25, 0.3) is 0 Å². The Morgan fingerprint density at radius 3 is 2.50 bits per heavy atom. The van der Waals surface area contributed by atoms with E-state index in [4.69, 9.17) is 14.2 Å². The van der Waals surface area contributed by atoms with Crippen LogP contribution in [0.2, 0.25) is 0 Å². The van der Waals surface area contributed by atoms with Crippen molar-refractivity contribution in [2.24, 2.45) is 0 Å². The van der Waals surface area contributed by atoms with Crippen molar-refractivity contribution in [3.8, 4) is 0 Å². The molecule has 2 amide bonds. The van der Waals surface area contributed by atoms with Gasteiger partial charge >= 0.3 is 5.97 Å². The van der Waals surface area contributed by atoms with E-state index in [1.54, 1.807) is 40.0 Å². The fourth-order valence-electron chi connectivity index (χ4n) is 3.20. The number of esters is 1. The SMILES string of the molecule is COCCOCCC(=O)N[C@@H]1CCN([C@@H](C(=O)OC(C)(C)C)c2ccccc2)C1=O. The molecule has 0 spiro atoms. The van der Waals surface area contributed by atoms with E-state index < -0.39 is 23.7 Å². The normalized spacial score (nSPS) is 17.7. The Bertz CT molecular complexity index is 716. The van der Waals surface area contributed by atoms with Crippen molar-refractivity contribution in [2.75, 3.05) is 33.5 Å². The summed E-state index contributed by atoms with van der Waals surface area (Å²) in [6.07, 6.45) is 0.586. The monoisotopic (exact) mass is 420 g/mol. The summed E-state index contributed by atoms with van der Waals surface area (Å²) in [5.74, 6) is -1.04. The standard InChI is InChI=1S/C22H32N2O6/c1-22(2,3)30-21(27)19(16-8-6-5-7-9-16)24-12-10-17(20(24)26)23-18(25)11-13-29-15-14-28-4/h5-9,17,19H,10-15H2,1-4H3,(H,23,25)/t17-,19-/m1/s1. The number of hydrogen-bond acceptors (Lipinski definition) is 6. The van der Waals surface area contributed by atoms with Crippen molar-refractivity contribution in [3.63, 3.8) is 0 Å². The second-order valence-corrected chi connectivity index (χ2v) is 8.14. The van der Waals surface area contributed by atoms with E-state index in [0.717, 1.165) is 0 Å². The van der Waals surface area contributed by atoms with Crippen LogP contribution in [0.15, 0.2) is 30.3 Å². The molecule has 1 N–H and O–H groups in total. The van der Waals surface area contributed by atoms with E-state index in [2.05, 4.69) is 5.32 Å². The molecule has 2 rings (SSSR count). The second kappa shape index (κ2) is 11.1. The summed E-state index contributed by atoms with van der Waals surface area (Å²) in [6, 6.07) is 7.56. The Hall–Kier alpha value is -2.45. The van der Waals surface area contributed by atoms with Gasteiger partial charge in [-0.15, -0.1) is 0 Å². The van der Waals surface area contributed by atoms with Gasteiger partial charge in [0.15, 0.2) is 6.04 Å². The third kappa shape index (κ3) is 7.11. The van der Waals surface area contributed by atoms with Crippen LogP contribution < -0.4 is 5.32 Å². The average molecular weight is 421 g/mol. The third-order valence-electron chi connectivity index (χ3n) is 4.54. The number of nitrogens with zero attached hydrogens (tertiary/aromatic N) is 1. The van der Waals surface area contributed by atoms with Crippen molar-refractivity contribution in [1.29, 1.82) is 0 Å². The van der Waals surface area contributed by atoms with Gasteiger partial charge in [0.2, 0.25) is 11.8 Å². The number of methoxy groups -OCH3 is 1. The van der Waals surface area contributed by atoms with E-state index in [1.807, 2.05) is 18.2 Å². The molecular weight excluding hydrogens is 388 g/mol. The molecule has 0 bridgehead atoms. The average Bonchev–Trinajstić information content (AvgIpc) is 3.01. The van der Waals surface area contributed by atoms with Crippen molar-refractivity contribution in [1.82, 2.24) is 10.2 Å². The van der Waals surface area contributed by atoms with E-state index in [9.17, 15) is 14.4 Å². The number of nitrogens with one attached hydrogen (secondary N) is 1. The Morgan fingerprint density at radius 1 is 1.17 bits per heavy atom. The van der Waals surface area contributed by atoms with Crippen molar-refractivity contribution < 1.29 is 28.6 Å². The molecule has 30 heavy (non-hydrogen) atoms. The molecule has 0 radical (unpaired) electrons. The zero-order valence-electron chi connectivity index (χ0n) is 18.2. The maximum Gasteiger partial charge on any atom is 0.334 e. The van der Waals surface area contributed by atoms with Gasteiger partial charge in [-0.05, 0) is 32.8 Å². The van der Waals surface area contributed by atoms with E-state index >= 15 is 0 Å². The molecule has 0 aliphatic carbocycles. The van der Waals surface area contributed by atoms with Crippen molar-refractivity contribution >= 4 is 17.8 Å². The van der Waals surface area contributed by atoms with Gasteiger partial charge < -0.3 is 24.4 Å². The largest absolute Gasteiger partial charge is 0.458 e. The lowest BCUT2D eigenvalue weighted by molar-refractivity contribution is -0.164. The molecule has 2 atom stereocenters. The van der Waals surface area contributed by atoms with Crippen LogP contribution in [0, 0.1) is 0 Å². The van der Waals surface area contributed by atoms with Crippen molar-refractivity contribution in [3.05, 3.63) is 35.9 Å². The second-order valence-electron chi connectivity index (χ2n) is 8.14. The molecule has 1 heterocycles. The van der Waals surface area contributed by atoms with Gasteiger partial charge in [0.25, 0.3) is 0 Å². The van der Waals surface area contributed by atoms with Crippen LogP contribution in [0.3, 0.4) is 0 Å². The summed E-state index contributed by atoms with van der Waals surface area (Å²) < 4.78 is 15.7. The van der Waals surface area contributed by atoms with Crippen LogP contribution in [0.4, 0.5) is 0 Å².